The monoisotopic (exact) mass is 154 g/mol. The second-order valence-electron chi connectivity index (χ2n) is 4.12. The van der Waals surface area contributed by atoms with Gasteiger partial charge in [-0.05, 0) is 37.2 Å². The Morgan fingerprint density at radius 3 is 2.55 bits per heavy atom. The summed E-state index contributed by atoms with van der Waals surface area (Å²) in [6.07, 6.45) is 3.61. The molecule has 11 heavy (non-hydrogen) atoms. The highest BCUT2D eigenvalue weighted by atomic mass is 16.3. The van der Waals surface area contributed by atoms with E-state index in [-0.39, 0.29) is 6.61 Å². The van der Waals surface area contributed by atoms with Crippen LogP contribution in [-0.2, 0) is 0 Å². The van der Waals surface area contributed by atoms with Crippen LogP contribution in [0, 0.1) is 5.41 Å². The van der Waals surface area contributed by atoms with E-state index < -0.39 is 0 Å². The highest BCUT2D eigenvalue weighted by Crippen LogP contribution is 2.39. The average molecular weight is 154 g/mol. The summed E-state index contributed by atoms with van der Waals surface area (Å²) in [7, 11) is 0. The number of allylic oxidation sites excluding steroid dienone is 1. The smallest absolute Gasteiger partial charge is 0.0644 e. The van der Waals surface area contributed by atoms with Crippen LogP contribution >= 0.6 is 0 Å². The molecule has 1 aliphatic carbocycles. The first-order chi connectivity index (χ1) is 5.08. The molecular formula is C10H18O. The minimum atomic E-state index is 0.259. The molecule has 0 aromatic carbocycles. The van der Waals surface area contributed by atoms with Gasteiger partial charge in [-0.2, -0.15) is 0 Å². The zero-order chi connectivity index (χ0) is 8.48. The summed E-state index contributed by atoms with van der Waals surface area (Å²) in [4.78, 5) is 0. The van der Waals surface area contributed by atoms with Crippen molar-refractivity contribution in [1.82, 2.24) is 0 Å². The Kier molecular flexibility index (Phi) is 2.38. The molecule has 64 valence electrons. The molecule has 1 rings (SSSR count). The Labute approximate surface area is 69.1 Å². The molecule has 0 saturated carbocycles. The van der Waals surface area contributed by atoms with Gasteiger partial charge in [0, 0.05) is 0 Å². The average Bonchev–Trinajstić information content (AvgIpc) is 1.95. The molecule has 0 aromatic rings. The van der Waals surface area contributed by atoms with E-state index in [9.17, 15) is 0 Å². The Morgan fingerprint density at radius 2 is 2.09 bits per heavy atom. The molecule has 0 spiro atoms. The second kappa shape index (κ2) is 2.98. The van der Waals surface area contributed by atoms with Crippen LogP contribution < -0.4 is 0 Å². The van der Waals surface area contributed by atoms with Gasteiger partial charge in [0.1, 0.15) is 0 Å². The minimum absolute atomic E-state index is 0.259. The fourth-order valence-electron chi connectivity index (χ4n) is 1.79. The van der Waals surface area contributed by atoms with Gasteiger partial charge in [0.25, 0.3) is 0 Å². The summed E-state index contributed by atoms with van der Waals surface area (Å²) in [6, 6.07) is 0. The molecule has 0 fully saturated rings. The third-order valence-electron chi connectivity index (χ3n) is 3.02. The third-order valence-corrected chi connectivity index (χ3v) is 3.02. The molecule has 0 amide bonds. The summed E-state index contributed by atoms with van der Waals surface area (Å²) in [6.45, 7) is 6.94. The Hall–Kier alpha value is -0.300. The van der Waals surface area contributed by atoms with E-state index in [1.54, 1.807) is 0 Å². The Balaban J connectivity index is 2.89. The van der Waals surface area contributed by atoms with Gasteiger partial charge >= 0.3 is 0 Å². The molecule has 1 N–H and O–H groups in total. The summed E-state index contributed by atoms with van der Waals surface area (Å²) in [5, 5.41) is 9.04. The van der Waals surface area contributed by atoms with Crippen molar-refractivity contribution in [2.75, 3.05) is 6.61 Å². The number of rotatable bonds is 1. The maximum absolute atomic E-state index is 9.04. The third kappa shape index (κ3) is 1.64. The number of aliphatic hydroxyl groups is 1. The first-order valence-corrected chi connectivity index (χ1v) is 4.38. The summed E-state index contributed by atoms with van der Waals surface area (Å²) < 4.78 is 0. The highest BCUT2D eigenvalue weighted by molar-refractivity contribution is 5.21. The molecule has 0 saturated heterocycles. The number of hydrogen-bond acceptors (Lipinski definition) is 1. The lowest BCUT2D eigenvalue weighted by molar-refractivity contribution is 0.296. The molecule has 0 aliphatic heterocycles. The summed E-state index contributed by atoms with van der Waals surface area (Å²) in [5.74, 6) is 0. The van der Waals surface area contributed by atoms with Crippen molar-refractivity contribution in [3.63, 3.8) is 0 Å². The van der Waals surface area contributed by atoms with E-state index in [0.717, 1.165) is 6.42 Å². The van der Waals surface area contributed by atoms with Crippen LogP contribution in [0.15, 0.2) is 11.1 Å². The molecule has 0 atom stereocenters. The highest BCUT2D eigenvalue weighted by Gasteiger charge is 2.25. The number of aliphatic hydroxyl groups excluding tert-OH is 1. The van der Waals surface area contributed by atoms with Gasteiger partial charge in [-0.25, -0.2) is 0 Å². The standard InChI is InChI=1S/C10H18O/c1-8-9(7-11)5-4-6-10(8,2)3/h11H,4-7H2,1-3H3. The van der Waals surface area contributed by atoms with E-state index in [2.05, 4.69) is 20.8 Å². The molecule has 0 unspecified atom stereocenters. The van der Waals surface area contributed by atoms with Gasteiger partial charge in [-0.15, -0.1) is 0 Å². The fourth-order valence-corrected chi connectivity index (χ4v) is 1.79. The predicted molar refractivity (Wildman–Crippen MR) is 47.4 cm³/mol. The van der Waals surface area contributed by atoms with Crippen LogP contribution in [0.1, 0.15) is 40.0 Å². The topological polar surface area (TPSA) is 20.2 Å². The van der Waals surface area contributed by atoms with E-state index >= 15 is 0 Å². The quantitative estimate of drug-likeness (QED) is 0.575. The van der Waals surface area contributed by atoms with Crippen LogP contribution in [-0.4, -0.2) is 11.7 Å². The first-order valence-electron chi connectivity index (χ1n) is 4.38. The van der Waals surface area contributed by atoms with Gasteiger partial charge in [-0.1, -0.05) is 19.4 Å². The van der Waals surface area contributed by atoms with E-state index in [4.69, 9.17) is 5.11 Å². The van der Waals surface area contributed by atoms with Crippen LogP contribution in [0.4, 0.5) is 0 Å². The van der Waals surface area contributed by atoms with Crippen LogP contribution in [0.5, 0.6) is 0 Å². The van der Waals surface area contributed by atoms with Gasteiger partial charge in [0.05, 0.1) is 6.61 Å². The predicted octanol–water partition coefficient (Wildman–Crippen LogP) is 2.51. The van der Waals surface area contributed by atoms with Crippen molar-refractivity contribution in [2.45, 2.75) is 40.0 Å². The molecule has 0 aromatic heterocycles. The molecule has 1 nitrogen and oxygen atoms in total. The van der Waals surface area contributed by atoms with Gasteiger partial charge in [0.15, 0.2) is 0 Å². The fraction of sp³-hybridized carbons (Fsp3) is 0.800. The summed E-state index contributed by atoms with van der Waals surface area (Å²) >= 11 is 0. The lowest BCUT2D eigenvalue weighted by Gasteiger charge is -2.32. The lowest BCUT2D eigenvalue weighted by Crippen LogP contribution is -2.20. The lowest BCUT2D eigenvalue weighted by atomic mass is 9.73. The molecule has 0 bridgehead atoms. The van der Waals surface area contributed by atoms with Crippen LogP contribution in [0.25, 0.3) is 0 Å². The van der Waals surface area contributed by atoms with Crippen molar-refractivity contribution in [1.29, 1.82) is 0 Å². The van der Waals surface area contributed by atoms with Crippen LogP contribution in [0.2, 0.25) is 0 Å². The van der Waals surface area contributed by atoms with Crippen molar-refractivity contribution in [2.24, 2.45) is 5.41 Å². The van der Waals surface area contributed by atoms with Gasteiger partial charge in [-0.3, -0.25) is 0 Å². The Bertz CT molecular complexity index is 177. The molecular weight excluding hydrogens is 136 g/mol. The van der Waals surface area contributed by atoms with E-state index in [0.29, 0.717) is 5.41 Å². The zero-order valence-electron chi connectivity index (χ0n) is 7.78. The minimum Gasteiger partial charge on any atom is -0.392 e. The normalized spacial score (nSPS) is 24.0. The molecule has 1 heteroatoms. The Morgan fingerprint density at radius 1 is 1.45 bits per heavy atom. The SMILES string of the molecule is CC1=C(CO)CCCC1(C)C. The molecule has 0 radical (unpaired) electrons. The maximum Gasteiger partial charge on any atom is 0.0644 e. The van der Waals surface area contributed by atoms with E-state index in [1.165, 1.54) is 24.0 Å². The molecule has 0 heterocycles. The maximum atomic E-state index is 9.04. The van der Waals surface area contributed by atoms with Crippen molar-refractivity contribution in [3.05, 3.63) is 11.1 Å². The van der Waals surface area contributed by atoms with Crippen molar-refractivity contribution < 1.29 is 5.11 Å². The number of hydrogen-bond donors (Lipinski definition) is 1. The zero-order valence-corrected chi connectivity index (χ0v) is 7.78. The van der Waals surface area contributed by atoms with E-state index in [1.807, 2.05) is 0 Å². The van der Waals surface area contributed by atoms with Crippen molar-refractivity contribution >= 4 is 0 Å². The summed E-state index contributed by atoms with van der Waals surface area (Å²) in [5.41, 5.74) is 3.00. The van der Waals surface area contributed by atoms with Crippen LogP contribution in [0.3, 0.4) is 0 Å². The van der Waals surface area contributed by atoms with Crippen molar-refractivity contribution in [3.8, 4) is 0 Å². The first kappa shape index (κ1) is 8.79. The largest absolute Gasteiger partial charge is 0.392 e. The van der Waals surface area contributed by atoms with Gasteiger partial charge in [0.2, 0.25) is 0 Å². The second-order valence-corrected chi connectivity index (χ2v) is 4.12. The van der Waals surface area contributed by atoms with Gasteiger partial charge < -0.3 is 5.11 Å². The molecule has 1 aliphatic rings.